The van der Waals surface area contributed by atoms with Crippen molar-refractivity contribution in [3.05, 3.63) is 82.2 Å². The first-order valence-electron chi connectivity index (χ1n) is 15.0. The van der Waals surface area contributed by atoms with E-state index in [2.05, 4.69) is 10.0 Å². The molecule has 14 nitrogen and oxygen atoms in total. The highest BCUT2D eigenvalue weighted by Crippen LogP contribution is 2.35. The second-order valence-corrected chi connectivity index (χ2v) is 10.9. The Balaban J connectivity index is 1.62. The Hall–Kier alpha value is -3.14. The van der Waals surface area contributed by atoms with E-state index in [0.717, 1.165) is 11.1 Å². The van der Waals surface area contributed by atoms with Crippen molar-refractivity contribution in [2.75, 3.05) is 41.6 Å². The monoisotopic (exact) mass is 645 g/mol. The van der Waals surface area contributed by atoms with Crippen LogP contribution in [0.25, 0.3) is 10.4 Å². The average molecular weight is 646 g/mol. The SMILES string of the molecule is COC[C@H]1O[C@@H](CCN=[N+]=[N-])[C@H](OC)[C@@H](OCc2ccccc2)[C@@H]1O[C@@H]1O[C@@H](C(=O)OCc2ccccc2)[C@@H](O)[C@H](OC)[C@H]1OC. The van der Waals surface area contributed by atoms with Crippen molar-refractivity contribution in [1.29, 1.82) is 0 Å². The molecular formula is C32H43N3O11. The van der Waals surface area contributed by atoms with Gasteiger partial charge in [0, 0.05) is 39.9 Å². The molecule has 0 bridgehead atoms. The van der Waals surface area contributed by atoms with Gasteiger partial charge in [0.25, 0.3) is 0 Å². The molecule has 0 radical (unpaired) electrons. The summed E-state index contributed by atoms with van der Waals surface area (Å²) in [5, 5.41) is 14.8. The number of carbonyl (C=O) groups is 1. The van der Waals surface area contributed by atoms with Crippen molar-refractivity contribution in [1.82, 2.24) is 0 Å². The van der Waals surface area contributed by atoms with Gasteiger partial charge in [-0.25, -0.2) is 4.79 Å². The molecule has 252 valence electrons. The van der Waals surface area contributed by atoms with Crippen LogP contribution in [0.5, 0.6) is 0 Å². The molecule has 14 heteroatoms. The van der Waals surface area contributed by atoms with Crippen LogP contribution in [0.1, 0.15) is 17.5 Å². The van der Waals surface area contributed by atoms with E-state index in [1.54, 1.807) is 0 Å². The summed E-state index contributed by atoms with van der Waals surface area (Å²) < 4.78 is 53.8. The molecule has 0 spiro atoms. The standard InChI is InChI=1S/C32H43N3O11/c1-38-19-23-26(29(42-17-20-11-7-5-8-12-20)25(39-2)22(44-23)15-16-34-35-33)45-32-30(41-4)27(40-3)24(36)28(46-32)31(37)43-18-21-13-9-6-10-14-21/h5-14,22-30,32,36H,15-19H2,1-4H3/t22-,23+,24-,25-,26+,27-,28+,29+,30+,32+/m0/s1. The molecule has 0 aromatic heterocycles. The Morgan fingerprint density at radius 3 is 2.04 bits per heavy atom. The maximum atomic E-state index is 13.3. The van der Waals surface area contributed by atoms with E-state index in [-0.39, 0.29) is 26.4 Å². The van der Waals surface area contributed by atoms with Gasteiger partial charge < -0.3 is 47.7 Å². The fourth-order valence-corrected chi connectivity index (χ4v) is 5.77. The maximum absolute atomic E-state index is 13.3. The van der Waals surface area contributed by atoms with Crippen LogP contribution in [0.15, 0.2) is 65.8 Å². The van der Waals surface area contributed by atoms with Gasteiger partial charge in [0.2, 0.25) is 0 Å². The van der Waals surface area contributed by atoms with Gasteiger partial charge in [-0.3, -0.25) is 0 Å². The summed E-state index contributed by atoms with van der Waals surface area (Å²) in [6.45, 7) is 0.488. The van der Waals surface area contributed by atoms with Crippen LogP contribution in [0.2, 0.25) is 0 Å². The van der Waals surface area contributed by atoms with Crippen LogP contribution in [-0.4, -0.2) is 114 Å². The molecule has 1 N–H and O–H groups in total. The lowest BCUT2D eigenvalue weighted by Crippen LogP contribution is -2.66. The van der Waals surface area contributed by atoms with Crippen molar-refractivity contribution >= 4 is 5.97 Å². The summed E-state index contributed by atoms with van der Waals surface area (Å²) in [5.41, 5.74) is 10.5. The second-order valence-electron chi connectivity index (χ2n) is 10.9. The average Bonchev–Trinajstić information content (AvgIpc) is 3.08. The van der Waals surface area contributed by atoms with Gasteiger partial charge in [-0.15, -0.1) is 0 Å². The van der Waals surface area contributed by atoms with Crippen molar-refractivity contribution < 1.29 is 52.5 Å². The Morgan fingerprint density at radius 2 is 1.46 bits per heavy atom. The normalized spacial score (nSPS) is 31.2. The number of rotatable bonds is 16. The molecule has 2 saturated heterocycles. The predicted molar refractivity (Wildman–Crippen MR) is 162 cm³/mol. The van der Waals surface area contributed by atoms with Gasteiger partial charge in [0.05, 0.1) is 19.3 Å². The van der Waals surface area contributed by atoms with Gasteiger partial charge in [-0.1, -0.05) is 65.8 Å². The minimum Gasteiger partial charge on any atom is -0.459 e. The van der Waals surface area contributed by atoms with E-state index in [1.165, 1.54) is 28.4 Å². The van der Waals surface area contributed by atoms with Crippen LogP contribution in [0, 0.1) is 0 Å². The maximum Gasteiger partial charge on any atom is 0.338 e. The van der Waals surface area contributed by atoms with Gasteiger partial charge in [-0.05, 0) is 23.1 Å². The van der Waals surface area contributed by atoms with Gasteiger partial charge in [0.1, 0.15) is 49.3 Å². The summed E-state index contributed by atoms with van der Waals surface area (Å²) in [4.78, 5) is 16.1. The third kappa shape index (κ3) is 9.02. The molecule has 2 aliphatic heterocycles. The number of methoxy groups -OCH3 is 4. The summed E-state index contributed by atoms with van der Waals surface area (Å²) in [5.74, 6) is -0.792. The summed E-state index contributed by atoms with van der Waals surface area (Å²) in [7, 11) is 5.89. The highest BCUT2D eigenvalue weighted by atomic mass is 16.7. The lowest BCUT2D eigenvalue weighted by Gasteiger charge is -2.49. The highest BCUT2D eigenvalue weighted by Gasteiger charge is 2.54. The van der Waals surface area contributed by atoms with Crippen molar-refractivity contribution in [2.24, 2.45) is 5.11 Å². The minimum atomic E-state index is -1.45. The van der Waals surface area contributed by atoms with Gasteiger partial charge in [0.15, 0.2) is 12.4 Å². The molecular weight excluding hydrogens is 602 g/mol. The molecule has 10 atom stereocenters. The van der Waals surface area contributed by atoms with Crippen molar-refractivity contribution in [3.8, 4) is 0 Å². The fraction of sp³-hybridized carbons (Fsp3) is 0.594. The number of azide groups is 1. The Kier molecular flexibility index (Phi) is 14.2. The molecule has 46 heavy (non-hydrogen) atoms. The molecule has 2 aromatic rings. The third-order valence-corrected chi connectivity index (χ3v) is 8.01. The predicted octanol–water partition coefficient (Wildman–Crippen LogP) is 2.95. The number of hydrogen-bond donors (Lipinski definition) is 1. The molecule has 2 aromatic carbocycles. The summed E-state index contributed by atoms with van der Waals surface area (Å²) >= 11 is 0. The van der Waals surface area contributed by atoms with Crippen LogP contribution in [0.4, 0.5) is 0 Å². The molecule has 0 aliphatic carbocycles. The van der Waals surface area contributed by atoms with Crippen molar-refractivity contribution in [3.63, 3.8) is 0 Å². The molecule has 2 heterocycles. The van der Waals surface area contributed by atoms with Crippen molar-refractivity contribution in [2.45, 2.75) is 80.9 Å². The number of aliphatic hydroxyl groups is 1. The van der Waals surface area contributed by atoms with Gasteiger partial charge in [-0.2, -0.15) is 0 Å². The second kappa shape index (κ2) is 18.3. The lowest BCUT2D eigenvalue weighted by atomic mass is 9.92. The van der Waals surface area contributed by atoms with E-state index in [4.69, 9.17) is 48.2 Å². The highest BCUT2D eigenvalue weighted by molar-refractivity contribution is 5.75. The third-order valence-electron chi connectivity index (χ3n) is 8.01. The number of hydrogen-bond acceptors (Lipinski definition) is 12. The topological polar surface area (TPSA) is 169 Å². The molecule has 2 aliphatic rings. The molecule has 0 amide bonds. The van der Waals surface area contributed by atoms with Crippen LogP contribution < -0.4 is 0 Å². The van der Waals surface area contributed by atoms with Gasteiger partial charge >= 0.3 is 5.97 Å². The number of aliphatic hydroxyl groups excluding tert-OH is 1. The first-order chi connectivity index (χ1) is 22.4. The first-order valence-corrected chi connectivity index (χ1v) is 15.0. The molecule has 4 rings (SSSR count). The minimum absolute atomic E-state index is 0.0162. The number of nitrogens with zero attached hydrogens (tertiary/aromatic N) is 3. The number of carbonyl (C=O) groups excluding carboxylic acids is 1. The Morgan fingerprint density at radius 1 is 0.826 bits per heavy atom. The summed E-state index contributed by atoms with van der Waals surface area (Å²) in [6, 6.07) is 18.8. The largest absolute Gasteiger partial charge is 0.459 e. The number of ether oxygens (including phenoxy) is 9. The van der Waals surface area contributed by atoms with Crippen LogP contribution in [0.3, 0.4) is 0 Å². The molecule has 0 saturated carbocycles. The molecule has 0 unspecified atom stereocenters. The van der Waals surface area contributed by atoms with E-state index in [1.807, 2.05) is 60.7 Å². The summed E-state index contributed by atoms with van der Waals surface area (Å²) in [6.07, 6.45) is -9.23. The zero-order valence-corrected chi connectivity index (χ0v) is 26.5. The van der Waals surface area contributed by atoms with E-state index >= 15 is 0 Å². The lowest BCUT2D eigenvalue weighted by molar-refractivity contribution is -0.347. The molecule has 2 fully saturated rings. The van der Waals surface area contributed by atoms with Crippen LogP contribution in [-0.2, 0) is 60.6 Å². The quantitative estimate of drug-likeness (QED) is 0.123. The van der Waals surface area contributed by atoms with Crippen LogP contribution >= 0.6 is 0 Å². The fourth-order valence-electron chi connectivity index (χ4n) is 5.77. The Bertz CT molecular complexity index is 1240. The number of esters is 1. The van der Waals surface area contributed by atoms with E-state index < -0.39 is 67.2 Å². The zero-order valence-electron chi connectivity index (χ0n) is 26.5. The zero-order chi connectivity index (χ0) is 32.9. The smallest absolute Gasteiger partial charge is 0.338 e. The first kappa shape index (κ1) is 35.7. The van der Waals surface area contributed by atoms with E-state index in [9.17, 15) is 9.90 Å². The Labute approximate surface area is 268 Å². The number of benzene rings is 2. The van der Waals surface area contributed by atoms with E-state index in [0.29, 0.717) is 6.42 Å².